The van der Waals surface area contributed by atoms with Crippen molar-refractivity contribution in [1.82, 2.24) is 19.6 Å². The lowest BCUT2D eigenvalue weighted by Crippen LogP contribution is -2.35. The van der Waals surface area contributed by atoms with Gasteiger partial charge in [0, 0.05) is 44.6 Å². The van der Waals surface area contributed by atoms with E-state index in [-0.39, 0.29) is 5.91 Å². The van der Waals surface area contributed by atoms with Crippen LogP contribution in [0.15, 0.2) is 54.6 Å². The van der Waals surface area contributed by atoms with Crippen LogP contribution in [-0.2, 0) is 30.8 Å². The molecule has 2 aromatic carbocycles. The van der Waals surface area contributed by atoms with Gasteiger partial charge in [-0.3, -0.25) is 9.69 Å². The van der Waals surface area contributed by atoms with Gasteiger partial charge in [0.1, 0.15) is 11.4 Å². The summed E-state index contributed by atoms with van der Waals surface area (Å²) in [6, 6.07) is 18.7. The van der Waals surface area contributed by atoms with Crippen molar-refractivity contribution >= 4 is 5.91 Å². The third kappa shape index (κ3) is 6.16. The molecular weight excluding hydrogens is 448 g/mol. The number of hydrogen-bond donors (Lipinski definition) is 0. The fourth-order valence-electron chi connectivity index (χ4n) is 5.00. The zero-order chi connectivity index (χ0) is 25.7. The SMILES string of the molecule is COc1ccccc1-n1nc(CN(CC(C)C)C(=O)CC(C)C)c2c1CCN(Cc1ccccc1)C2. The van der Waals surface area contributed by atoms with Crippen LogP contribution in [0.5, 0.6) is 5.75 Å². The van der Waals surface area contributed by atoms with Crippen molar-refractivity contribution in [3.05, 3.63) is 77.1 Å². The first-order chi connectivity index (χ1) is 17.4. The van der Waals surface area contributed by atoms with E-state index in [1.165, 1.54) is 16.8 Å². The Morgan fingerprint density at radius 2 is 1.75 bits per heavy atom. The summed E-state index contributed by atoms with van der Waals surface area (Å²) >= 11 is 0. The Morgan fingerprint density at radius 3 is 2.44 bits per heavy atom. The van der Waals surface area contributed by atoms with Crippen LogP contribution in [-0.4, -0.2) is 45.7 Å². The maximum Gasteiger partial charge on any atom is 0.223 e. The molecule has 4 rings (SSSR count). The summed E-state index contributed by atoms with van der Waals surface area (Å²) in [6.07, 6.45) is 1.46. The number of fused-ring (bicyclic) bond motifs is 1. The van der Waals surface area contributed by atoms with E-state index >= 15 is 0 Å². The molecule has 1 aromatic heterocycles. The van der Waals surface area contributed by atoms with E-state index in [1.54, 1.807) is 7.11 Å². The average Bonchev–Trinajstić information content (AvgIpc) is 3.21. The lowest BCUT2D eigenvalue weighted by molar-refractivity contribution is -0.133. The summed E-state index contributed by atoms with van der Waals surface area (Å²) in [7, 11) is 1.70. The molecule has 1 aliphatic rings. The van der Waals surface area contributed by atoms with E-state index in [4.69, 9.17) is 9.84 Å². The van der Waals surface area contributed by atoms with Gasteiger partial charge in [-0.25, -0.2) is 4.68 Å². The molecule has 6 nitrogen and oxygen atoms in total. The number of aromatic nitrogens is 2. The lowest BCUT2D eigenvalue weighted by Gasteiger charge is -2.29. The van der Waals surface area contributed by atoms with Crippen LogP contribution in [0, 0.1) is 11.8 Å². The van der Waals surface area contributed by atoms with Gasteiger partial charge in [-0.2, -0.15) is 5.10 Å². The summed E-state index contributed by atoms with van der Waals surface area (Å²) in [5.41, 5.74) is 5.72. The van der Waals surface area contributed by atoms with Gasteiger partial charge in [0.05, 0.1) is 25.0 Å². The van der Waals surface area contributed by atoms with Gasteiger partial charge in [-0.15, -0.1) is 0 Å². The molecule has 192 valence electrons. The summed E-state index contributed by atoms with van der Waals surface area (Å²) in [5.74, 6) is 1.73. The molecule has 1 amide bonds. The first kappa shape index (κ1) is 26.0. The molecular formula is C30H40N4O2. The molecule has 0 unspecified atom stereocenters. The fraction of sp³-hybridized carbons (Fsp3) is 0.467. The predicted molar refractivity (Wildman–Crippen MR) is 144 cm³/mol. The van der Waals surface area contributed by atoms with Gasteiger partial charge in [0.2, 0.25) is 5.91 Å². The molecule has 2 heterocycles. The number of rotatable bonds is 10. The molecule has 0 saturated heterocycles. The average molecular weight is 489 g/mol. The van der Waals surface area contributed by atoms with E-state index in [2.05, 4.69) is 73.7 Å². The highest BCUT2D eigenvalue weighted by molar-refractivity contribution is 5.76. The second kappa shape index (κ2) is 11.7. The first-order valence-corrected chi connectivity index (χ1v) is 13.1. The van der Waals surface area contributed by atoms with Crippen LogP contribution >= 0.6 is 0 Å². The third-order valence-corrected chi connectivity index (χ3v) is 6.64. The number of carbonyl (C=O) groups excluding carboxylic acids is 1. The molecule has 36 heavy (non-hydrogen) atoms. The number of nitrogens with zero attached hydrogens (tertiary/aromatic N) is 4. The van der Waals surface area contributed by atoms with E-state index < -0.39 is 0 Å². The number of ether oxygens (including phenoxy) is 1. The number of para-hydroxylation sites is 2. The Balaban J connectivity index is 1.71. The van der Waals surface area contributed by atoms with E-state index in [0.717, 1.165) is 49.7 Å². The number of benzene rings is 2. The van der Waals surface area contributed by atoms with Gasteiger partial charge in [-0.05, 0) is 29.5 Å². The smallest absolute Gasteiger partial charge is 0.223 e. The number of carbonyl (C=O) groups is 1. The van der Waals surface area contributed by atoms with Gasteiger partial charge in [-0.1, -0.05) is 70.2 Å². The largest absolute Gasteiger partial charge is 0.494 e. The quantitative estimate of drug-likeness (QED) is 0.380. The highest BCUT2D eigenvalue weighted by Gasteiger charge is 2.28. The van der Waals surface area contributed by atoms with E-state index in [0.29, 0.717) is 24.8 Å². The van der Waals surface area contributed by atoms with Crippen LogP contribution in [0.4, 0.5) is 0 Å². The molecule has 0 bridgehead atoms. The monoisotopic (exact) mass is 488 g/mol. The lowest BCUT2D eigenvalue weighted by atomic mass is 10.0. The van der Waals surface area contributed by atoms with Gasteiger partial charge in [0.15, 0.2) is 0 Å². The van der Waals surface area contributed by atoms with Crippen molar-refractivity contribution < 1.29 is 9.53 Å². The van der Waals surface area contributed by atoms with Gasteiger partial charge < -0.3 is 9.64 Å². The first-order valence-electron chi connectivity index (χ1n) is 13.1. The molecule has 0 aliphatic carbocycles. The molecule has 0 radical (unpaired) electrons. The van der Waals surface area contributed by atoms with Gasteiger partial charge >= 0.3 is 0 Å². The van der Waals surface area contributed by atoms with Crippen molar-refractivity contribution in [2.45, 2.75) is 60.2 Å². The molecule has 6 heteroatoms. The minimum atomic E-state index is 0.205. The molecule has 0 N–H and O–H groups in total. The fourth-order valence-corrected chi connectivity index (χ4v) is 5.00. The van der Waals surface area contributed by atoms with E-state index in [9.17, 15) is 4.79 Å². The molecule has 3 aromatic rings. The van der Waals surface area contributed by atoms with Crippen molar-refractivity contribution in [1.29, 1.82) is 0 Å². The Hall–Kier alpha value is -3.12. The number of methoxy groups -OCH3 is 1. The zero-order valence-electron chi connectivity index (χ0n) is 22.4. The molecule has 0 atom stereocenters. The van der Waals surface area contributed by atoms with Crippen molar-refractivity contribution in [3.8, 4) is 11.4 Å². The second-order valence-corrected chi connectivity index (χ2v) is 10.7. The second-order valence-electron chi connectivity index (χ2n) is 10.7. The Bertz CT molecular complexity index is 1150. The molecule has 0 fully saturated rings. The zero-order valence-corrected chi connectivity index (χ0v) is 22.4. The van der Waals surface area contributed by atoms with Crippen LogP contribution in [0.25, 0.3) is 5.69 Å². The van der Waals surface area contributed by atoms with Crippen molar-refractivity contribution in [2.24, 2.45) is 11.8 Å². The summed E-state index contributed by atoms with van der Waals surface area (Å²) < 4.78 is 7.74. The highest BCUT2D eigenvalue weighted by atomic mass is 16.5. The Labute approximate surface area is 215 Å². The van der Waals surface area contributed by atoms with Crippen LogP contribution < -0.4 is 4.74 Å². The summed E-state index contributed by atoms with van der Waals surface area (Å²) in [6.45, 7) is 12.5. The van der Waals surface area contributed by atoms with Crippen LogP contribution in [0.2, 0.25) is 0 Å². The normalized spacial score (nSPS) is 13.8. The maximum absolute atomic E-state index is 13.2. The van der Waals surface area contributed by atoms with E-state index in [1.807, 2.05) is 23.1 Å². The minimum absolute atomic E-state index is 0.205. The topological polar surface area (TPSA) is 50.6 Å². The number of hydrogen-bond acceptors (Lipinski definition) is 4. The predicted octanol–water partition coefficient (Wildman–Crippen LogP) is 5.47. The maximum atomic E-state index is 13.2. The summed E-state index contributed by atoms with van der Waals surface area (Å²) in [5, 5.41) is 5.14. The van der Waals surface area contributed by atoms with Crippen LogP contribution in [0.1, 0.15) is 56.6 Å². The molecule has 0 saturated carbocycles. The van der Waals surface area contributed by atoms with Gasteiger partial charge in [0.25, 0.3) is 0 Å². The molecule has 1 aliphatic heterocycles. The Kier molecular flexibility index (Phi) is 8.47. The van der Waals surface area contributed by atoms with Crippen LogP contribution in [0.3, 0.4) is 0 Å². The third-order valence-electron chi connectivity index (χ3n) is 6.64. The highest BCUT2D eigenvalue weighted by Crippen LogP contribution is 2.31. The standard InChI is InChI=1S/C30H40N4O2/c1-22(2)17-30(35)33(18-23(3)4)21-26-25-20-32(19-24-11-7-6-8-12-24)16-15-27(25)34(31-26)28-13-9-10-14-29(28)36-5/h6-14,22-23H,15-21H2,1-5H3. The number of amides is 1. The van der Waals surface area contributed by atoms with Crippen molar-refractivity contribution in [2.75, 3.05) is 20.2 Å². The Morgan fingerprint density at radius 1 is 1.03 bits per heavy atom. The van der Waals surface area contributed by atoms with Crippen molar-refractivity contribution in [3.63, 3.8) is 0 Å². The summed E-state index contributed by atoms with van der Waals surface area (Å²) in [4.78, 5) is 17.7. The minimum Gasteiger partial charge on any atom is -0.494 e. The molecule has 0 spiro atoms.